The molecule has 0 amide bonds. The minimum absolute atomic E-state index is 0.325. The topological polar surface area (TPSA) is 50.7 Å². The van der Waals surface area contributed by atoms with Crippen LogP contribution in [0.25, 0.3) is 0 Å². The quantitative estimate of drug-likeness (QED) is 0.872. The standard InChI is InChI=1S/C19H22ClNO3/c1-23-17-8-2-14(3-9-17)13-24-18-12-21-11-10-19(18,22)15-4-6-16(20)7-5-15/h2-9,18,21-22H,10-13H2,1H3. The van der Waals surface area contributed by atoms with E-state index in [0.29, 0.717) is 24.6 Å². The molecule has 0 radical (unpaired) electrons. The highest BCUT2D eigenvalue weighted by Gasteiger charge is 2.41. The van der Waals surface area contributed by atoms with E-state index < -0.39 is 5.60 Å². The average molecular weight is 348 g/mol. The molecule has 1 aliphatic heterocycles. The number of aliphatic hydroxyl groups is 1. The number of benzene rings is 2. The maximum atomic E-state index is 11.2. The Morgan fingerprint density at radius 1 is 1.17 bits per heavy atom. The van der Waals surface area contributed by atoms with Gasteiger partial charge in [0.25, 0.3) is 0 Å². The first-order valence-electron chi connectivity index (χ1n) is 8.05. The van der Waals surface area contributed by atoms with Gasteiger partial charge in [0.15, 0.2) is 0 Å². The molecule has 1 aliphatic rings. The SMILES string of the molecule is COc1ccc(COC2CNCCC2(O)c2ccc(Cl)cc2)cc1. The molecule has 2 unspecified atom stereocenters. The monoisotopic (exact) mass is 347 g/mol. The van der Waals surface area contributed by atoms with E-state index in [0.717, 1.165) is 23.4 Å². The second-order valence-corrected chi connectivity index (χ2v) is 6.47. The lowest BCUT2D eigenvalue weighted by atomic mass is 9.82. The fraction of sp³-hybridized carbons (Fsp3) is 0.368. The van der Waals surface area contributed by atoms with Crippen molar-refractivity contribution in [3.63, 3.8) is 0 Å². The van der Waals surface area contributed by atoms with E-state index in [-0.39, 0.29) is 6.10 Å². The molecular weight excluding hydrogens is 326 g/mol. The van der Waals surface area contributed by atoms with Gasteiger partial charge in [-0.25, -0.2) is 0 Å². The molecule has 2 atom stereocenters. The second kappa shape index (κ2) is 7.53. The summed E-state index contributed by atoms with van der Waals surface area (Å²) >= 11 is 5.96. The lowest BCUT2D eigenvalue weighted by molar-refractivity contribution is -0.134. The first-order valence-corrected chi connectivity index (χ1v) is 8.43. The number of piperidine rings is 1. The van der Waals surface area contributed by atoms with Crippen LogP contribution in [0.5, 0.6) is 5.75 Å². The van der Waals surface area contributed by atoms with E-state index in [2.05, 4.69) is 5.32 Å². The van der Waals surface area contributed by atoms with Crippen LogP contribution in [0.3, 0.4) is 0 Å². The van der Waals surface area contributed by atoms with Gasteiger partial charge in [0, 0.05) is 11.6 Å². The van der Waals surface area contributed by atoms with Crippen LogP contribution in [0.2, 0.25) is 5.02 Å². The molecule has 0 bridgehead atoms. The van der Waals surface area contributed by atoms with E-state index >= 15 is 0 Å². The van der Waals surface area contributed by atoms with Crippen LogP contribution in [-0.2, 0) is 16.9 Å². The van der Waals surface area contributed by atoms with Crippen molar-refractivity contribution < 1.29 is 14.6 Å². The first kappa shape index (κ1) is 17.2. The summed E-state index contributed by atoms with van der Waals surface area (Å²) in [5.74, 6) is 0.816. The predicted molar refractivity (Wildman–Crippen MR) is 94.4 cm³/mol. The zero-order valence-corrected chi connectivity index (χ0v) is 14.4. The first-order chi connectivity index (χ1) is 11.6. The maximum Gasteiger partial charge on any atom is 0.118 e. The third-order valence-corrected chi connectivity index (χ3v) is 4.75. The van der Waals surface area contributed by atoms with Gasteiger partial charge >= 0.3 is 0 Å². The number of nitrogens with one attached hydrogen (secondary N) is 1. The Morgan fingerprint density at radius 2 is 1.88 bits per heavy atom. The molecule has 1 heterocycles. The van der Waals surface area contributed by atoms with Gasteiger partial charge in [0.1, 0.15) is 17.5 Å². The summed E-state index contributed by atoms with van der Waals surface area (Å²) in [5, 5.41) is 15.2. The van der Waals surface area contributed by atoms with E-state index in [4.69, 9.17) is 21.1 Å². The molecule has 1 saturated heterocycles. The van der Waals surface area contributed by atoms with Crippen LogP contribution in [0, 0.1) is 0 Å². The van der Waals surface area contributed by atoms with Crippen molar-refractivity contribution in [2.24, 2.45) is 0 Å². The minimum atomic E-state index is -1.01. The molecule has 24 heavy (non-hydrogen) atoms. The molecule has 0 spiro atoms. The smallest absolute Gasteiger partial charge is 0.118 e. The molecule has 128 valence electrons. The Morgan fingerprint density at radius 3 is 2.54 bits per heavy atom. The van der Waals surface area contributed by atoms with Gasteiger partial charge in [-0.05, 0) is 48.4 Å². The molecule has 0 aliphatic carbocycles. The van der Waals surface area contributed by atoms with Crippen molar-refractivity contribution >= 4 is 11.6 Å². The van der Waals surface area contributed by atoms with Crippen molar-refractivity contribution in [2.45, 2.75) is 24.7 Å². The van der Waals surface area contributed by atoms with Crippen LogP contribution < -0.4 is 10.1 Å². The highest BCUT2D eigenvalue weighted by atomic mass is 35.5. The zero-order valence-electron chi connectivity index (χ0n) is 13.7. The minimum Gasteiger partial charge on any atom is -0.497 e. The van der Waals surface area contributed by atoms with E-state index in [1.807, 2.05) is 36.4 Å². The number of ether oxygens (including phenoxy) is 2. The predicted octanol–water partition coefficient (Wildman–Crippen LogP) is 3.11. The summed E-state index contributed by atoms with van der Waals surface area (Å²) in [6.07, 6.45) is 0.275. The zero-order chi connectivity index (χ0) is 17.0. The van der Waals surface area contributed by atoms with Crippen molar-refractivity contribution in [3.8, 4) is 5.75 Å². The Kier molecular flexibility index (Phi) is 5.41. The van der Waals surface area contributed by atoms with Crippen molar-refractivity contribution in [3.05, 3.63) is 64.7 Å². The van der Waals surface area contributed by atoms with Gasteiger partial charge in [-0.1, -0.05) is 35.9 Å². The summed E-state index contributed by atoms with van der Waals surface area (Å²) in [5.41, 5.74) is 0.871. The second-order valence-electron chi connectivity index (χ2n) is 6.03. The number of methoxy groups -OCH3 is 1. The fourth-order valence-electron chi connectivity index (χ4n) is 3.03. The maximum absolute atomic E-state index is 11.2. The summed E-state index contributed by atoms with van der Waals surface area (Å²) in [4.78, 5) is 0. The summed E-state index contributed by atoms with van der Waals surface area (Å²) in [6.45, 7) is 1.79. The van der Waals surface area contributed by atoms with Crippen LogP contribution in [0.1, 0.15) is 17.5 Å². The van der Waals surface area contributed by atoms with E-state index in [9.17, 15) is 5.11 Å². The van der Waals surface area contributed by atoms with Crippen LogP contribution in [0.15, 0.2) is 48.5 Å². The van der Waals surface area contributed by atoms with Crippen LogP contribution in [0.4, 0.5) is 0 Å². The average Bonchev–Trinajstić information content (AvgIpc) is 2.62. The Labute approximate surface area is 147 Å². The molecule has 0 saturated carbocycles. The van der Waals surface area contributed by atoms with Gasteiger partial charge in [0.05, 0.1) is 13.7 Å². The number of halogens is 1. The van der Waals surface area contributed by atoms with E-state index in [1.165, 1.54) is 0 Å². The molecular formula is C19H22ClNO3. The number of hydrogen-bond acceptors (Lipinski definition) is 4. The molecule has 5 heteroatoms. The Hall–Kier alpha value is -1.59. The van der Waals surface area contributed by atoms with Crippen LogP contribution >= 0.6 is 11.6 Å². The molecule has 4 nitrogen and oxygen atoms in total. The van der Waals surface area contributed by atoms with Crippen LogP contribution in [-0.4, -0.2) is 31.4 Å². The molecule has 2 aromatic carbocycles. The molecule has 2 N–H and O–H groups in total. The molecule has 0 aromatic heterocycles. The largest absolute Gasteiger partial charge is 0.497 e. The normalized spacial score (nSPS) is 23.9. The summed E-state index contributed by atoms with van der Waals surface area (Å²) in [6, 6.07) is 15.1. The highest BCUT2D eigenvalue weighted by Crippen LogP contribution is 2.33. The van der Waals surface area contributed by atoms with Gasteiger partial charge in [-0.3, -0.25) is 0 Å². The summed E-state index contributed by atoms with van der Waals surface area (Å²) in [7, 11) is 1.64. The highest BCUT2D eigenvalue weighted by molar-refractivity contribution is 6.30. The van der Waals surface area contributed by atoms with Crippen molar-refractivity contribution in [1.29, 1.82) is 0 Å². The Balaban J connectivity index is 1.72. The van der Waals surface area contributed by atoms with Crippen molar-refractivity contribution in [2.75, 3.05) is 20.2 Å². The summed E-state index contributed by atoms with van der Waals surface area (Å²) < 4.78 is 11.2. The lowest BCUT2D eigenvalue weighted by Gasteiger charge is -2.40. The van der Waals surface area contributed by atoms with Crippen molar-refractivity contribution in [1.82, 2.24) is 5.32 Å². The molecule has 1 fully saturated rings. The van der Waals surface area contributed by atoms with Gasteiger partial charge in [-0.2, -0.15) is 0 Å². The lowest BCUT2D eigenvalue weighted by Crippen LogP contribution is -2.53. The third kappa shape index (κ3) is 3.73. The van der Waals surface area contributed by atoms with Gasteiger partial charge in [0.2, 0.25) is 0 Å². The van der Waals surface area contributed by atoms with Gasteiger partial charge in [-0.15, -0.1) is 0 Å². The Bertz CT molecular complexity index is 659. The number of rotatable bonds is 5. The molecule has 2 aromatic rings. The number of hydrogen-bond donors (Lipinski definition) is 2. The van der Waals surface area contributed by atoms with E-state index in [1.54, 1.807) is 19.2 Å². The molecule has 3 rings (SSSR count). The fourth-order valence-corrected chi connectivity index (χ4v) is 3.15. The van der Waals surface area contributed by atoms with Gasteiger partial charge < -0.3 is 19.9 Å². The third-order valence-electron chi connectivity index (χ3n) is 4.50.